The van der Waals surface area contributed by atoms with E-state index in [2.05, 4.69) is 0 Å². The van der Waals surface area contributed by atoms with Crippen LogP contribution in [0.2, 0.25) is 0 Å². The molecule has 0 aliphatic rings. The largest absolute Gasteiger partial charge is 0.491 e. The Bertz CT molecular complexity index is 645. The maximum absolute atomic E-state index is 13.7. The number of hydrogen-bond acceptors (Lipinski definition) is 3. The SMILES string of the molecule is OB(O)c1cc(OCc2ccccc2)cc(C(F)(F)F)c1F. The van der Waals surface area contributed by atoms with Crippen LogP contribution in [-0.2, 0) is 12.8 Å². The standard InChI is InChI=1S/C14H11BF4O3/c16-13-11(14(17,18)19)6-10(7-12(13)15(20)21)22-8-9-4-2-1-3-5-9/h1-7,20-21H,8H2. The summed E-state index contributed by atoms with van der Waals surface area (Å²) >= 11 is 0. The molecule has 0 unspecified atom stereocenters. The van der Waals surface area contributed by atoms with Crippen LogP contribution < -0.4 is 10.2 Å². The lowest BCUT2D eigenvalue weighted by Gasteiger charge is -2.14. The first-order chi connectivity index (χ1) is 10.3. The van der Waals surface area contributed by atoms with E-state index in [0.717, 1.165) is 6.07 Å². The molecule has 0 heterocycles. The van der Waals surface area contributed by atoms with Crippen LogP contribution >= 0.6 is 0 Å². The highest BCUT2D eigenvalue weighted by atomic mass is 19.4. The minimum atomic E-state index is -4.97. The molecule has 2 rings (SSSR count). The van der Waals surface area contributed by atoms with E-state index in [1.807, 2.05) is 0 Å². The molecule has 0 saturated heterocycles. The van der Waals surface area contributed by atoms with Crippen molar-refractivity contribution in [3.05, 3.63) is 59.4 Å². The lowest BCUT2D eigenvalue weighted by molar-refractivity contribution is -0.140. The third-order valence-corrected chi connectivity index (χ3v) is 2.91. The van der Waals surface area contributed by atoms with Gasteiger partial charge >= 0.3 is 13.3 Å². The van der Waals surface area contributed by atoms with Crippen LogP contribution in [0.5, 0.6) is 5.75 Å². The van der Waals surface area contributed by atoms with Crippen LogP contribution in [0, 0.1) is 5.82 Å². The lowest BCUT2D eigenvalue weighted by atomic mass is 9.78. The van der Waals surface area contributed by atoms with E-state index in [1.165, 1.54) is 0 Å². The number of rotatable bonds is 4. The summed E-state index contributed by atoms with van der Waals surface area (Å²) in [5, 5.41) is 18.0. The highest BCUT2D eigenvalue weighted by molar-refractivity contribution is 6.58. The first kappa shape index (κ1) is 16.3. The van der Waals surface area contributed by atoms with Gasteiger partial charge in [-0.05, 0) is 17.7 Å². The molecule has 0 radical (unpaired) electrons. The first-order valence-corrected chi connectivity index (χ1v) is 6.22. The molecular weight excluding hydrogens is 303 g/mol. The Morgan fingerprint density at radius 3 is 2.23 bits per heavy atom. The Balaban J connectivity index is 2.33. The average molecular weight is 314 g/mol. The predicted octanol–water partition coefficient (Wildman–Crippen LogP) is 2.10. The molecule has 0 amide bonds. The third kappa shape index (κ3) is 3.77. The molecule has 0 bridgehead atoms. The van der Waals surface area contributed by atoms with E-state index in [9.17, 15) is 17.6 Å². The number of ether oxygens (including phenoxy) is 1. The van der Waals surface area contributed by atoms with Crippen molar-refractivity contribution in [2.75, 3.05) is 0 Å². The molecule has 22 heavy (non-hydrogen) atoms. The van der Waals surface area contributed by atoms with E-state index in [4.69, 9.17) is 14.8 Å². The maximum Gasteiger partial charge on any atom is 0.491 e. The molecule has 0 spiro atoms. The Kier molecular flexibility index (Phi) is 4.73. The van der Waals surface area contributed by atoms with Crippen molar-refractivity contribution in [1.29, 1.82) is 0 Å². The third-order valence-electron chi connectivity index (χ3n) is 2.91. The molecule has 0 atom stereocenters. The van der Waals surface area contributed by atoms with Crippen molar-refractivity contribution < 1.29 is 32.3 Å². The second kappa shape index (κ2) is 6.37. The summed E-state index contributed by atoms with van der Waals surface area (Å²) in [4.78, 5) is 0. The van der Waals surface area contributed by atoms with Gasteiger partial charge in [-0.1, -0.05) is 30.3 Å². The number of hydrogen-bond donors (Lipinski definition) is 2. The van der Waals surface area contributed by atoms with Gasteiger partial charge in [-0.3, -0.25) is 0 Å². The first-order valence-electron chi connectivity index (χ1n) is 6.22. The zero-order valence-corrected chi connectivity index (χ0v) is 11.1. The average Bonchev–Trinajstić information content (AvgIpc) is 2.45. The predicted molar refractivity (Wildman–Crippen MR) is 72.0 cm³/mol. The Morgan fingerprint density at radius 1 is 1.05 bits per heavy atom. The summed E-state index contributed by atoms with van der Waals surface area (Å²) in [7, 11) is -2.37. The van der Waals surface area contributed by atoms with Crippen molar-refractivity contribution in [3.8, 4) is 5.75 Å². The Labute approximate surface area is 123 Å². The van der Waals surface area contributed by atoms with Gasteiger partial charge in [-0.2, -0.15) is 13.2 Å². The van der Waals surface area contributed by atoms with Gasteiger partial charge in [0.2, 0.25) is 0 Å². The molecule has 0 aliphatic carbocycles. The van der Waals surface area contributed by atoms with E-state index < -0.39 is 30.1 Å². The van der Waals surface area contributed by atoms with E-state index in [1.54, 1.807) is 30.3 Å². The lowest BCUT2D eigenvalue weighted by Crippen LogP contribution is -2.34. The molecule has 2 aromatic carbocycles. The topological polar surface area (TPSA) is 49.7 Å². The molecule has 0 fully saturated rings. The summed E-state index contributed by atoms with van der Waals surface area (Å²) in [6.45, 7) is -0.0370. The van der Waals surface area contributed by atoms with Gasteiger partial charge in [0.1, 0.15) is 18.2 Å². The van der Waals surface area contributed by atoms with Gasteiger partial charge in [0.15, 0.2) is 0 Å². The van der Waals surface area contributed by atoms with Crippen molar-refractivity contribution in [1.82, 2.24) is 0 Å². The minimum absolute atomic E-state index is 0.0370. The fourth-order valence-electron chi connectivity index (χ4n) is 1.84. The monoisotopic (exact) mass is 314 g/mol. The molecule has 0 aliphatic heterocycles. The number of benzene rings is 2. The summed E-state index contributed by atoms with van der Waals surface area (Å²) in [5.74, 6) is -2.03. The van der Waals surface area contributed by atoms with Crippen LogP contribution in [0.25, 0.3) is 0 Å². The van der Waals surface area contributed by atoms with Crippen LogP contribution in [0.15, 0.2) is 42.5 Å². The molecule has 0 aromatic heterocycles. The van der Waals surface area contributed by atoms with Gasteiger partial charge in [0.05, 0.1) is 5.56 Å². The summed E-state index contributed by atoms with van der Waals surface area (Å²) in [6, 6.07) is 9.96. The van der Waals surface area contributed by atoms with Crippen LogP contribution in [-0.4, -0.2) is 17.2 Å². The molecule has 2 N–H and O–H groups in total. The zero-order valence-electron chi connectivity index (χ0n) is 11.1. The fourth-order valence-corrected chi connectivity index (χ4v) is 1.84. The Morgan fingerprint density at radius 2 is 1.68 bits per heavy atom. The molecule has 8 heteroatoms. The normalized spacial score (nSPS) is 11.4. The zero-order chi connectivity index (χ0) is 16.3. The summed E-state index contributed by atoms with van der Waals surface area (Å²) in [5.41, 5.74) is -1.80. The van der Waals surface area contributed by atoms with Crippen LogP contribution in [0.3, 0.4) is 0 Å². The number of halogens is 4. The highest BCUT2D eigenvalue weighted by Gasteiger charge is 2.37. The summed E-state index contributed by atoms with van der Waals surface area (Å²) < 4.78 is 57.2. The van der Waals surface area contributed by atoms with E-state index >= 15 is 0 Å². The number of alkyl halides is 3. The van der Waals surface area contributed by atoms with Gasteiger partial charge < -0.3 is 14.8 Å². The molecule has 116 valence electrons. The van der Waals surface area contributed by atoms with Gasteiger partial charge in [0, 0.05) is 5.46 Å². The molecular formula is C14H11BF4O3. The maximum atomic E-state index is 13.7. The fraction of sp³-hybridized carbons (Fsp3) is 0.143. The van der Waals surface area contributed by atoms with E-state index in [0.29, 0.717) is 11.6 Å². The van der Waals surface area contributed by atoms with Crippen molar-refractivity contribution in [3.63, 3.8) is 0 Å². The molecule has 3 nitrogen and oxygen atoms in total. The van der Waals surface area contributed by atoms with Gasteiger partial charge in [0.25, 0.3) is 0 Å². The van der Waals surface area contributed by atoms with E-state index in [-0.39, 0.29) is 12.4 Å². The molecule has 0 saturated carbocycles. The van der Waals surface area contributed by atoms with Crippen molar-refractivity contribution in [2.24, 2.45) is 0 Å². The van der Waals surface area contributed by atoms with Crippen molar-refractivity contribution >= 4 is 12.6 Å². The quantitative estimate of drug-likeness (QED) is 0.671. The van der Waals surface area contributed by atoms with Crippen molar-refractivity contribution in [2.45, 2.75) is 12.8 Å². The Hall–Kier alpha value is -2.06. The van der Waals surface area contributed by atoms with Crippen LogP contribution in [0.1, 0.15) is 11.1 Å². The van der Waals surface area contributed by atoms with Crippen LogP contribution in [0.4, 0.5) is 17.6 Å². The van der Waals surface area contributed by atoms with Gasteiger partial charge in [-0.15, -0.1) is 0 Å². The minimum Gasteiger partial charge on any atom is -0.489 e. The highest BCUT2D eigenvalue weighted by Crippen LogP contribution is 2.33. The second-order valence-corrected chi connectivity index (χ2v) is 4.52. The molecule has 2 aromatic rings. The second-order valence-electron chi connectivity index (χ2n) is 4.52. The summed E-state index contributed by atoms with van der Waals surface area (Å²) in [6.07, 6.45) is -4.97. The van der Waals surface area contributed by atoms with Gasteiger partial charge in [-0.25, -0.2) is 4.39 Å². The smallest absolute Gasteiger partial charge is 0.489 e.